The summed E-state index contributed by atoms with van der Waals surface area (Å²) in [5.41, 5.74) is -0.0317. The SMILES string of the molecule is [2H]c1c(C(F)(F)F)ccc(CC(C)(C)C)c1C(C)(C)C. The Kier molecular flexibility index (Phi) is 3.67. The van der Waals surface area contributed by atoms with Gasteiger partial charge in [0.1, 0.15) is 0 Å². The van der Waals surface area contributed by atoms with Crippen LogP contribution in [0.4, 0.5) is 13.2 Å². The van der Waals surface area contributed by atoms with Crippen molar-refractivity contribution >= 4 is 0 Å². The fourth-order valence-electron chi connectivity index (χ4n) is 2.08. The maximum atomic E-state index is 13.0. The van der Waals surface area contributed by atoms with E-state index in [1.54, 1.807) is 0 Å². The maximum absolute atomic E-state index is 13.0. The fourth-order valence-corrected chi connectivity index (χ4v) is 2.08. The lowest BCUT2D eigenvalue weighted by molar-refractivity contribution is -0.137. The van der Waals surface area contributed by atoms with Gasteiger partial charge in [-0.25, -0.2) is 0 Å². The molecular weight excluding hydrogens is 249 g/mol. The first-order chi connectivity index (χ1) is 8.73. The average Bonchev–Trinajstić information content (AvgIpc) is 2.09. The number of hydrogen-bond acceptors (Lipinski definition) is 0. The van der Waals surface area contributed by atoms with Crippen LogP contribution in [0, 0.1) is 5.41 Å². The maximum Gasteiger partial charge on any atom is 0.416 e. The molecule has 0 spiro atoms. The zero-order valence-electron chi connectivity index (χ0n) is 13.5. The van der Waals surface area contributed by atoms with Gasteiger partial charge in [-0.05, 0) is 40.5 Å². The van der Waals surface area contributed by atoms with E-state index < -0.39 is 17.2 Å². The van der Waals surface area contributed by atoms with Crippen LogP contribution < -0.4 is 0 Å². The molecule has 1 aromatic rings. The quantitative estimate of drug-likeness (QED) is 0.625. The predicted molar refractivity (Wildman–Crippen MR) is 73.3 cm³/mol. The van der Waals surface area contributed by atoms with Crippen molar-refractivity contribution in [2.24, 2.45) is 5.41 Å². The molecule has 0 atom stereocenters. The number of alkyl halides is 3. The van der Waals surface area contributed by atoms with Crippen LogP contribution >= 0.6 is 0 Å². The Morgan fingerprint density at radius 3 is 1.89 bits per heavy atom. The van der Waals surface area contributed by atoms with Crippen LogP contribution in [-0.2, 0) is 18.0 Å². The zero-order chi connectivity index (χ0) is 15.9. The first-order valence-corrected chi connectivity index (χ1v) is 6.43. The second kappa shape index (κ2) is 4.84. The highest BCUT2D eigenvalue weighted by molar-refractivity contribution is 5.38. The molecule has 0 aromatic heterocycles. The molecule has 0 fully saturated rings. The van der Waals surface area contributed by atoms with Gasteiger partial charge in [0.05, 0.1) is 6.93 Å². The summed E-state index contributed by atoms with van der Waals surface area (Å²) < 4.78 is 46.9. The normalized spacial score (nSPS) is 14.5. The van der Waals surface area contributed by atoms with Gasteiger partial charge in [-0.2, -0.15) is 13.2 Å². The third-order valence-corrected chi connectivity index (χ3v) is 2.81. The van der Waals surface area contributed by atoms with E-state index in [4.69, 9.17) is 1.37 Å². The minimum Gasteiger partial charge on any atom is -0.166 e. The molecular formula is C16H23F3. The highest BCUT2D eigenvalue weighted by atomic mass is 19.4. The average molecular weight is 273 g/mol. The number of benzene rings is 1. The summed E-state index contributed by atoms with van der Waals surface area (Å²) in [5.74, 6) is 0. The van der Waals surface area contributed by atoms with Crippen molar-refractivity contribution in [3.8, 4) is 0 Å². The van der Waals surface area contributed by atoms with Crippen LogP contribution in [0.25, 0.3) is 0 Å². The molecule has 108 valence electrons. The molecule has 0 unspecified atom stereocenters. The molecule has 0 N–H and O–H groups in total. The van der Waals surface area contributed by atoms with E-state index in [1.165, 1.54) is 6.07 Å². The molecule has 0 nitrogen and oxygen atoms in total. The lowest BCUT2D eigenvalue weighted by Crippen LogP contribution is -2.20. The second-order valence-electron chi connectivity index (χ2n) is 7.26. The van der Waals surface area contributed by atoms with Gasteiger partial charge in [0.25, 0.3) is 0 Å². The molecule has 0 aliphatic heterocycles. The fraction of sp³-hybridized carbons (Fsp3) is 0.625. The number of rotatable bonds is 1. The summed E-state index contributed by atoms with van der Waals surface area (Å²) >= 11 is 0. The van der Waals surface area contributed by atoms with Crippen LogP contribution in [-0.4, -0.2) is 0 Å². The molecule has 1 aromatic carbocycles. The van der Waals surface area contributed by atoms with Gasteiger partial charge in [-0.3, -0.25) is 0 Å². The van der Waals surface area contributed by atoms with Crippen LogP contribution in [0.15, 0.2) is 18.2 Å². The summed E-state index contributed by atoms with van der Waals surface area (Å²) in [6.07, 6.45) is -3.82. The Morgan fingerprint density at radius 1 is 1.00 bits per heavy atom. The molecule has 0 aliphatic carbocycles. The van der Waals surface area contributed by atoms with Gasteiger partial charge < -0.3 is 0 Å². The first kappa shape index (κ1) is 14.4. The summed E-state index contributed by atoms with van der Waals surface area (Å²) in [7, 11) is 0. The van der Waals surface area contributed by atoms with Gasteiger partial charge in [-0.1, -0.05) is 47.6 Å². The third-order valence-electron chi connectivity index (χ3n) is 2.81. The minimum absolute atomic E-state index is 0.0355. The van der Waals surface area contributed by atoms with Crippen LogP contribution in [0.2, 0.25) is 0 Å². The number of halogens is 3. The summed E-state index contributed by atoms with van der Waals surface area (Å²) in [6.45, 7) is 11.7. The molecule has 1 rings (SSSR count). The van der Waals surface area contributed by atoms with E-state index in [0.29, 0.717) is 12.0 Å². The van der Waals surface area contributed by atoms with Gasteiger partial charge in [0.15, 0.2) is 0 Å². The van der Waals surface area contributed by atoms with Gasteiger partial charge in [0.2, 0.25) is 0 Å². The Labute approximate surface area is 115 Å². The monoisotopic (exact) mass is 273 g/mol. The molecule has 0 aliphatic rings. The van der Waals surface area contributed by atoms with Gasteiger partial charge in [0, 0.05) is 0 Å². The number of hydrogen-bond donors (Lipinski definition) is 0. The molecule has 3 heteroatoms. The minimum atomic E-state index is -4.47. The summed E-state index contributed by atoms with van der Waals surface area (Å²) in [6, 6.07) is 2.19. The highest BCUT2D eigenvalue weighted by Gasteiger charge is 2.32. The van der Waals surface area contributed by atoms with E-state index in [-0.39, 0.29) is 11.5 Å². The smallest absolute Gasteiger partial charge is 0.166 e. The molecule has 0 saturated carbocycles. The second-order valence-corrected chi connectivity index (χ2v) is 7.26. The molecule has 0 bridgehead atoms. The van der Waals surface area contributed by atoms with Crippen molar-refractivity contribution in [3.63, 3.8) is 0 Å². The molecule has 0 amide bonds. The first-order valence-electron chi connectivity index (χ1n) is 6.93. The van der Waals surface area contributed by atoms with E-state index in [0.717, 1.165) is 11.6 Å². The van der Waals surface area contributed by atoms with Crippen LogP contribution in [0.1, 0.15) is 59.6 Å². The van der Waals surface area contributed by atoms with Gasteiger partial charge in [-0.15, -0.1) is 0 Å². The molecule has 0 radical (unpaired) electrons. The van der Waals surface area contributed by atoms with Crippen molar-refractivity contribution < 1.29 is 14.5 Å². The lowest BCUT2D eigenvalue weighted by Gasteiger charge is -2.28. The van der Waals surface area contributed by atoms with E-state index >= 15 is 0 Å². The summed E-state index contributed by atoms with van der Waals surface area (Å²) in [5, 5.41) is 0. The van der Waals surface area contributed by atoms with Gasteiger partial charge >= 0.3 is 6.18 Å². The Balaban J connectivity index is 3.53. The highest BCUT2D eigenvalue weighted by Crippen LogP contribution is 2.36. The van der Waals surface area contributed by atoms with Crippen molar-refractivity contribution in [2.75, 3.05) is 0 Å². The van der Waals surface area contributed by atoms with E-state index in [1.807, 2.05) is 41.5 Å². The standard InChI is InChI=1S/C16H23F3/c1-14(2,3)10-11-7-8-12(16(17,18)19)9-13(11)15(4,5)6/h7-9H,10H2,1-6H3/i9D. The molecule has 19 heavy (non-hydrogen) atoms. The van der Waals surface area contributed by atoms with Crippen molar-refractivity contribution in [2.45, 2.75) is 59.6 Å². The van der Waals surface area contributed by atoms with Crippen molar-refractivity contribution in [3.05, 3.63) is 34.9 Å². The van der Waals surface area contributed by atoms with Crippen molar-refractivity contribution in [1.29, 1.82) is 0 Å². The zero-order valence-corrected chi connectivity index (χ0v) is 12.5. The largest absolute Gasteiger partial charge is 0.416 e. The molecule has 0 heterocycles. The van der Waals surface area contributed by atoms with Crippen LogP contribution in [0.5, 0.6) is 0 Å². The van der Waals surface area contributed by atoms with E-state index in [9.17, 15) is 13.2 Å². The topological polar surface area (TPSA) is 0 Å². The van der Waals surface area contributed by atoms with E-state index in [2.05, 4.69) is 0 Å². The molecule has 0 saturated heterocycles. The van der Waals surface area contributed by atoms with Crippen molar-refractivity contribution in [1.82, 2.24) is 0 Å². The third kappa shape index (κ3) is 4.55. The summed E-state index contributed by atoms with van der Waals surface area (Å²) in [4.78, 5) is 0. The predicted octanol–water partition coefficient (Wildman–Crippen LogP) is 5.59. The van der Waals surface area contributed by atoms with Crippen LogP contribution in [0.3, 0.4) is 0 Å². The lowest BCUT2D eigenvalue weighted by atomic mass is 9.78. The Bertz CT molecular complexity index is 488. The Morgan fingerprint density at radius 2 is 1.53 bits per heavy atom. The Hall–Kier alpha value is -0.990.